The summed E-state index contributed by atoms with van der Waals surface area (Å²) in [6.45, 7) is 6.69. The molecule has 0 spiro atoms. The third kappa shape index (κ3) is 5.20. The Kier molecular flexibility index (Phi) is 6.10. The Bertz CT molecular complexity index is 533. The van der Waals surface area contributed by atoms with Crippen molar-refractivity contribution in [3.8, 4) is 0 Å². The number of hydrogen-bond acceptors (Lipinski definition) is 5. The Morgan fingerprint density at radius 1 is 1.14 bits per heavy atom. The molecule has 0 aliphatic heterocycles. The summed E-state index contributed by atoms with van der Waals surface area (Å²) in [5, 5.41) is 2.36. The van der Waals surface area contributed by atoms with Crippen LogP contribution in [0.1, 0.15) is 38.1 Å². The molecule has 0 aliphatic rings. The summed E-state index contributed by atoms with van der Waals surface area (Å²) in [5.41, 5.74) is -0.453. The zero-order valence-electron chi connectivity index (χ0n) is 13.2. The monoisotopic (exact) mass is 307 g/mol. The molecule has 0 saturated carbocycles. The normalized spacial score (nSPS) is 12.2. The zero-order chi connectivity index (χ0) is 16.8. The fourth-order valence-electron chi connectivity index (χ4n) is 1.43. The zero-order valence-corrected chi connectivity index (χ0v) is 13.2. The number of amides is 1. The van der Waals surface area contributed by atoms with Crippen LogP contribution in [0.3, 0.4) is 0 Å². The molecule has 0 bridgehead atoms. The lowest BCUT2D eigenvalue weighted by atomic mass is 9.97. The van der Waals surface area contributed by atoms with Gasteiger partial charge in [0.2, 0.25) is 0 Å². The van der Waals surface area contributed by atoms with Crippen LogP contribution in [0.25, 0.3) is 0 Å². The van der Waals surface area contributed by atoms with E-state index in [0.29, 0.717) is 5.56 Å². The van der Waals surface area contributed by atoms with E-state index < -0.39 is 29.5 Å². The third-order valence-electron chi connectivity index (χ3n) is 2.64. The number of carbonyl (C=O) groups is 3. The molecule has 0 aromatic heterocycles. The predicted molar refractivity (Wildman–Crippen MR) is 79.9 cm³/mol. The molecule has 120 valence electrons. The summed E-state index contributed by atoms with van der Waals surface area (Å²) in [4.78, 5) is 35.9. The lowest BCUT2D eigenvalue weighted by Crippen LogP contribution is -2.46. The first-order chi connectivity index (χ1) is 10.3. The third-order valence-corrected chi connectivity index (χ3v) is 2.64. The van der Waals surface area contributed by atoms with Gasteiger partial charge < -0.3 is 14.8 Å². The van der Waals surface area contributed by atoms with Gasteiger partial charge in [0.1, 0.15) is 0 Å². The molecule has 1 rings (SSSR count). The van der Waals surface area contributed by atoms with Crippen molar-refractivity contribution in [2.45, 2.75) is 33.9 Å². The van der Waals surface area contributed by atoms with Gasteiger partial charge in [-0.15, -0.1) is 0 Å². The van der Waals surface area contributed by atoms with Crippen molar-refractivity contribution in [2.75, 3.05) is 6.61 Å². The Balaban J connectivity index is 2.85. The molecule has 0 fully saturated rings. The van der Waals surface area contributed by atoms with Crippen LogP contribution in [0.15, 0.2) is 30.3 Å². The predicted octanol–water partition coefficient (Wildman–Crippen LogP) is 1.89. The van der Waals surface area contributed by atoms with Crippen LogP contribution in [0, 0.1) is 5.41 Å². The molecule has 1 amide bonds. The highest BCUT2D eigenvalue weighted by Gasteiger charge is 2.32. The number of ether oxygens (including phenoxy) is 2. The van der Waals surface area contributed by atoms with Crippen LogP contribution in [0.2, 0.25) is 0 Å². The van der Waals surface area contributed by atoms with Gasteiger partial charge in [-0.3, -0.25) is 9.59 Å². The van der Waals surface area contributed by atoms with Gasteiger partial charge in [-0.1, -0.05) is 18.2 Å². The SMILES string of the molecule is CCOC(=O)C(NC(=O)c1ccccc1)OC(=O)C(C)(C)C. The highest BCUT2D eigenvalue weighted by molar-refractivity contribution is 5.96. The first-order valence-corrected chi connectivity index (χ1v) is 6.99. The average molecular weight is 307 g/mol. The molecule has 1 atom stereocenters. The first-order valence-electron chi connectivity index (χ1n) is 6.99. The minimum absolute atomic E-state index is 0.115. The van der Waals surface area contributed by atoms with E-state index in [1.165, 1.54) is 0 Å². The van der Waals surface area contributed by atoms with E-state index >= 15 is 0 Å². The van der Waals surface area contributed by atoms with Crippen molar-refractivity contribution >= 4 is 17.8 Å². The molecule has 1 aromatic rings. The minimum Gasteiger partial charge on any atom is -0.462 e. The molecule has 0 radical (unpaired) electrons. The number of nitrogens with one attached hydrogen (secondary N) is 1. The average Bonchev–Trinajstić information content (AvgIpc) is 2.46. The standard InChI is InChI=1S/C16H21NO5/c1-5-21-14(19)13(22-15(20)16(2,3)4)17-12(18)11-9-7-6-8-10-11/h6-10,13H,5H2,1-4H3,(H,17,18). The molecular formula is C16H21NO5. The van der Waals surface area contributed by atoms with Crippen LogP contribution in [-0.4, -0.2) is 30.7 Å². The first kappa shape index (κ1) is 17.7. The summed E-state index contributed by atoms with van der Waals surface area (Å²) in [6.07, 6.45) is -1.47. The Labute approximate surface area is 129 Å². The molecule has 1 N–H and O–H groups in total. The molecule has 1 unspecified atom stereocenters. The van der Waals surface area contributed by atoms with Gasteiger partial charge in [-0.05, 0) is 39.8 Å². The number of carbonyl (C=O) groups excluding carboxylic acids is 3. The summed E-state index contributed by atoms with van der Waals surface area (Å²) in [6, 6.07) is 8.32. The quantitative estimate of drug-likeness (QED) is 0.663. The largest absolute Gasteiger partial charge is 0.462 e. The summed E-state index contributed by atoms with van der Waals surface area (Å²) < 4.78 is 9.90. The summed E-state index contributed by atoms with van der Waals surface area (Å²) >= 11 is 0. The fraction of sp³-hybridized carbons (Fsp3) is 0.438. The minimum atomic E-state index is -1.47. The van der Waals surface area contributed by atoms with Crippen molar-refractivity contribution < 1.29 is 23.9 Å². The molecule has 22 heavy (non-hydrogen) atoms. The van der Waals surface area contributed by atoms with E-state index in [-0.39, 0.29) is 6.61 Å². The van der Waals surface area contributed by atoms with Crippen LogP contribution in [0.5, 0.6) is 0 Å². The summed E-state index contributed by atoms with van der Waals surface area (Å²) in [7, 11) is 0. The van der Waals surface area contributed by atoms with Gasteiger partial charge >= 0.3 is 11.9 Å². The van der Waals surface area contributed by atoms with Crippen LogP contribution >= 0.6 is 0 Å². The van der Waals surface area contributed by atoms with Gasteiger partial charge in [0.25, 0.3) is 12.1 Å². The lowest BCUT2D eigenvalue weighted by Gasteiger charge is -2.22. The number of rotatable bonds is 5. The number of esters is 2. The van der Waals surface area contributed by atoms with Crippen molar-refractivity contribution in [3.05, 3.63) is 35.9 Å². The van der Waals surface area contributed by atoms with E-state index in [4.69, 9.17) is 9.47 Å². The Hall–Kier alpha value is -2.37. The molecule has 1 aromatic carbocycles. The van der Waals surface area contributed by atoms with Crippen LogP contribution in [-0.2, 0) is 19.1 Å². The maximum atomic E-state index is 12.1. The van der Waals surface area contributed by atoms with Crippen molar-refractivity contribution in [3.63, 3.8) is 0 Å². The Morgan fingerprint density at radius 3 is 2.23 bits per heavy atom. The van der Waals surface area contributed by atoms with E-state index in [1.807, 2.05) is 0 Å². The van der Waals surface area contributed by atoms with Gasteiger partial charge in [0, 0.05) is 5.56 Å². The Morgan fingerprint density at radius 2 is 1.73 bits per heavy atom. The van der Waals surface area contributed by atoms with Crippen LogP contribution < -0.4 is 5.32 Å². The second kappa shape index (κ2) is 7.59. The van der Waals surface area contributed by atoms with Crippen molar-refractivity contribution in [1.82, 2.24) is 5.32 Å². The van der Waals surface area contributed by atoms with Crippen molar-refractivity contribution in [2.24, 2.45) is 5.41 Å². The highest BCUT2D eigenvalue weighted by Crippen LogP contribution is 2.16. The molecule has 6 heteroatoms. The smallest absolute Gasteiger partial charge is 0.369 e. The second-order valence-corrected chi connectivity index (χ2v) is 5.63. The molecule has 0 heterocycles. The maximum Gasteiger partial charge on any atom is 0.369 e. The van der Waals surface area contributed by atoms with E-state index in [9.17, 15) is 14.4 Å². The molecule has 0 aliphatic carbocycles. The fourth-order valence-corrected chi connectivity index (χ4v) is 1.43. The highest BCUT2D eigenvalue weighted by atomic mass is 16.6. The van der Waals surface area contributed by atoms with Gasteiger partial charge in [0.15, 0.2) is 0 Å². The van der Waals surface area contributed by atoms with E-state index in [0.717, 1.165) is 0 Å². The number of benzene rings is 1. The van der Waals surface area contributed by atoms with Gasteiger partial charge in [-0.25, -0.2) is 4.79 Å². The molecular weight excluding hydrogens is 286 g/mol. The van der Waals surface area contributed by atoms with Crippen LogP contribution in [0.4, 0.5) is 0 Å². The molecule has 0 saturated heterocycles. The topological polar surface area (TPSA) is 81.7 Å². The second-order valence-electron chi connectivity index (χ2n) is 5.63. The number of hydrogen-bond donors (Lipinski definition) is 1. The van der Waals surface area contributed by atoms with Gasteiger partial charge in [0.05, 0.1) is 12.0 Å². The van der Waals surface area contributed by atoms with Crippen molar-refractivity contribution in [1.29, 1.82) is 0 Å². The maximum absolute atomic E-state index is 12.1. The summed E-state index contributed by atoms with van der Waals surface area (Å²) in [5.74, 6) is -1.95. The van der Waals surface area contributed by atoms with E-state index in [2.05, 4.69) is 5.32 Å². The van der Waals surface area contributed by atoms with Gasteiger partial charge in [-0.2, -0.15) is 0 Å². The lowest BCUT2D eigenvalue weighted by molar-refractivity contribution is -0.174. The molecule has 6 nitrogen and oxygen atoms in total. The van der Waals surface area contributed by atoms with E-state index in [1.54, 1.807) is 58.0 Å².